The molecule has 1 aromatic carbocycles. The first-order valence-electron chi connectivity index (χ1n) is 7.87. The van der Waals surface area contributed by atoms with Crippen LogP contribution < -0.4 is 9.63 Å². The highest BCUT2D eigenvalue weighted by Crippen LogP contribution is 2.50. The van der Waals surface area contributed by atoms with Crippen LogP contribution in [0.4, 0.5) is 0 Å². The first-order chi connectivity index (χ1) is 11.6. The Hall–Kier alpha value is -1.91. The van der Waals surface area contributed by atoms with Crippen LogP contribution in [-0.4, -0.2) is 34.0 Å². The molecule has 8 nitrogen and oxygen atoms in total. The van der Waals surface area contributed by atoms with Gasteiger partial charge in [-0.05, 0) is 38.5 Å². The predicted molar refractivity (Wildman–Crippen MR) is 84.3 cm³/mol. The van der Waals surface area contributed by atoms with E-state index in [0.29, 0.717) is 36.3 Å². The van der Waals surface area contributed by atoms with Crippen LogP contribution in [0.15, 0.2) is 18.2 Å². The molecule has 9 heteroatoms. The molecule has 0 radical (unpaired) electrons. The summed E-state index contributed by atoms with van der Waals surface area (Å²) in [5.41, 5.74) is -0.281. The second kappa shape index (κ2) is 6.11. The second-order valence-electron chi connectivity index (χ2n) is 6.70. The van der Waals surface area contributed by atoms with Gasteiger partial charge in [-0.15, -0.1) is 0 Å². The molecule has 1 saturated heterocycles. The summed E-state index contributed by atoms with van der Waals surface area (Å²) in [6, 6.07) is 6.00. The highest BCUT2D eigenvalue weighted by molar-refractivity contribution is 7.44. The number of hydrogen-bond donors (Lipinski definition) is 1. The minimum absolute atomic E-state index is 0.136. The Morgan fingerprint density at radius 1 is 1.52 bits per heavy atom. The minimum Gasteiger partial charge on any atom is -0.756 e. The van der Waals surface area contributed by atoms with Gasteiger partial charge in [0, 0.05) is 18.5 Å². The number of rotatable bonds is 3. The smallest absolute Gasteiger partial charge is 0.265 e. The molecule has 0 saturated carbocycles. The zero-order valence-corrected chi connectivity index (χ0v) is 14.7. The predicted octanol–water partition coefficient (Wildman–Crippen LogP) is 1.24. The van der Waals surface area contributed by atoms with E-state index in [0.717, 1.165) is 0 Å². The van der Waals surface area contributed by atoms with Gasteiger partial charge in [0.1, 0.15) is 17.5 Å². The lowest BCUT2D eigenvalue weighted by Crippen LogP contribution is -2.55. The van der Waals surface area contributed by atoms with Gasteiger partial charge >= 0.3 is 0 Å². The van der Waals surface area contributed by atoms with E-state index in [9.17, 15) is 19.1 Å². The fraction of sp³-hybridized carbons (Fsp3) is 0.500. The van der Waals surface area contributed by atoms with Crippen molar-refractivity contribution in [1.82, 2.24) is 4.90 Å². The molecule has 0 aromatic heterocycles. The third-order valence-corrected chi connectivity index (χ3v) is 4.99. The van der Waals surface area contributed by atoms with Gasteiger partial charge in [0.2, 0.25) is 5.91 Å². The molecule has 2 aliphatic rings. The SMILES string of the molecule is CC1(C)Oc2ccc(C#N)cc2[C@H](N2CCCC2=O)[C@H]1OP(=O)([O-])O. The monoisotopic (exact) mass is 365 g/mol. The fourth-order valence-electron chi connectivity index (χ4n) is 3.45. The van der Waals surface area contributed by atoms with Crippen molar-refractivity contribution in [2.45, 2.75) is 44.4 Å². The van der Waals surface area contributed by atoms with Crippen molar-refractivity contribution in [3.05, 3.63) is 29.3 Å². The van der Waals surface area contributed by atoms with Crippen molar-refractivity contribution in [3.63, 3.8) is 0 Å². The van der Waals surface area contributed by atoms with Gasteiger partial charge in [0.15, 0.2) is 0 Å². The van der Waals surface area contributed by atoms with Crippen LogP contribution in [0, 0.1) is 11.3 Å². The lowest BCUT2D eigenvalue weighted by molar-refractivity contribution is -0.234. The van der Waals surface area contributed by atoms with Gasteiger partial charge in [-0.1, -0.05) is 0 Å². The van der Waals surface area contributed by atoms with E-state index in [1.807, 2.05) is 6.07 Å². The normalized spacial score (nSPS) is 27.2. The van der Waals surface area contributed by atoms with E-state index in [4.69, 9.17) is 14.5 Å². The van der Waals surface area contributed by atoms with Gasteiger partial charge in [-0.25, -0.2) is 0 Å². The van der Waals surface area contributed by atoms with E-state index < -0.39 is 25.6 Å². The molecule has 134 valence electrons. The number of amides is 1. The number of ether oxygens (including phenoxy) is 1. The molecule has 1 N–H and O–H groups in total. The zero-order chi connectivity index (χ0) is 18.4. The molecule has 2 heterocycles. The third-order valence-electron chi connectivity index (χ3n) is 4.50. The molecule has 1 unspecified atom stereocenters. The Bertz CT molecular complexity index is 796. The highest BCUT2D eigenvalue weighted by atomic mass is 31.2. The Morgan fingerprint density at radius 2 is 2.24 bits per heavy atom. The topological polar surface area (TPSA) is 123 Å². The number of nitriles is 1. The Balaban J connectivity index is 2.16. The van der Waals surface area contributed by atoms with Crippen LogP contribution in [0.1, 0.15) is 43.9 Å². The van der Waals surface area contributed by atoms with Gasteiger partial charge in [-0.2, -0.15) is 5.26 Å². The van der Waals surface area contributed by atoms with E-state index in [1.54, 1.807) is 32.0 Å². The van der Waals surface area contributed by atoms with Crippen molar-refractivity contribution in [2.75, 3.05) is 6.54 Å². The number of phosphoric ester groups is 1. The molecule has 1 fully saturated rings. The second-order valence-corrected chi connectivity index (χ2v) is 7.85. The number of phosphoric acid groups is 1. The summed E-state index contributed by atoms with van der Waals surface area (Å²) in [6.45, 7) is 3.69. The van der Waals surface area contributed by atoms with Crippen molar-refractivity contribution in [2.24, 2.45) is 0 Å². The van der Waals surface area contributed by atoms with E-state index in [2.05, 4.69) is 0 Å². The lowest BCUT2D eigenvalue weighted by atomic mass is 9.85. The first-order valence-corrected chi connectivity index (χ1v) is 9.37. The number of carbonyl (C=O) groups excluding carboxylic acids is 1. The molecular weight excluding hydrogens is 347 g/mol. The Morgan fingerprint density at radius 3 is 2.80 bits per heavy atom. The molecule has 0 bridgehead atoms. The maximum Gasteiger partial charge on any atom is 0.265 e. The van der Waals surface area contributed by atoms with Crippen LogP contribution in [0.2, 0.25) is 0 Å². The minimum atomic E-state index is -5.08. The average Bonchev–Trinajstić information content (AvgIpc) is 2.92. The molecular formula is C16H18N2O6P-. The summed E-state index contributed by atoms with van der Waals surface area (Å²) in [5.74, 6) is 0.315. The van der Waals surface area contributed by atoms with Crippen LogP contribution >= 0.6 is 7.82 Å². The van der Waals surface area contributed by atoms with Crippen LogP contribution in [0.3, 0.4) is 0 Å². The van der Waals surface area contributed by atoms with Crippen LogP contribution in [-0.2, 0) is 13.9 Å². The molecule has 1 aromatic rings. The fourth-order valence-corrected chi connectivity index (χ4v) is 4.11. The van der Waals surface area contributed by atoms with Crippen molar-refractivity contribution in [3.8, 4) is 11.8 Å². The number of likely N-dealkylation sites (tertiary alicyclic amines) is 1. The summed E-state index contributed by atoms with van der Waals surface area (Å²) in [4.78, 5) is 34.5. The van der Waals surface area contributed by atoms with E-state index in [1.165, 1.54) is 4.90 Å². The van der Waals surface area contributed by atoms with E-state index >= 15 is 0 Å². The van der Waals surface area contributed by atoms with Crippen LogP contribution in [0.5, 0.6) is 5.75 Å². The molecule has 1 amide bonds. The molecule has 2 aliphatic heterocycles. The summed E-state index contributed by atoms with van der Waals surface area (Å²) >= 11 is 0. The van der Waals surface area contributed by atoms with Gasteiger partial charge < -0.3 is 23.9 Å². The number of hydrogen-bond acceptors (Lipinski definition) is 6. The van der Waals surface area contributed by atoms with Crippen molar-refractivity contribution in [1.29, 1.82) is 5.26 Å². The van der Waals surface area contributed by atoms with Gasteiger partial charge in [0.05, 0.1) is 17.7 Å². The molecule has 0 aliphatic carbocycles. The Kier molecular flexibility index (Phi) is 4.38. The first kappa shape index (κ1) is 17.9. The molecule has 3 atom stereocenters. The molecule has 3 rings (SSSR count). The molecule has 0 spiro atoms. The lowest BCUT2D eigenvalue weighted by Gasteiger charge is -2.48. The summed E-state index contributed by atoms with van der Waals surface area (Å²) in [7, 11) is -5.08. The van der Waals surface area contributed by atoms with Gasteiger partial charge in [-0.3, -0.25) is 9.36 Å². The third kappa shape index (κ3) is 3.42. The average molecular weight is 365 g/mol. The van der Waals surface area contributed by atoms with Crippen molar-refractivity contribution < 1.29 is 28.4 Å². The Labute approximate surface area is 145 Å². The molecule has 25 heavy (non-hydrogen) atoms. The van der Waals surface area contributed by atoms with Gasteiger partial charge in [0.25, 0.3) is 7.82 Å². The van der Waals surface area contributed by atoms with E-state index in [-0.39, 0.29) is 5.91 Å². The maximum absolute atomic E-state index is 12.3. The largest absolute Gasteiger partial charge is 0.756 e. The summed E-state index contributed by atoms with van der Waals surface area (Å²) in [5, 5.41) is 9.16. The highest BCUT2D eigenvalue weighted by Gasteiger charge is 2.50. The van der Waals surface area contributed by atoms with Crippen LogP contribution in [0.25, 0.3) is 0 Å². The number of fused-ring (bicyclic) bond motifs is 1. The number of carbonyl (C=O) groups is 1. The quantitative estimate of drug-likeness (QED) is 0.799. The standard InChI is InChI=1S/C16H19N2O6P/c1-16(2)15(24-25(20,21)22)14(18-7-3-4-13(18)19)11-8-10(9-17)5-6-12(11)23-16/h5-6,8,14-15H,3-4,7H2,1-2H3,(H2,20,21,22)/p-1/t14-,15+/m0/s1. The number of benzene rings is 1. The zero-order valence-electron chi connectivity index (χ0n) is 13.8. The maximum atomic E-state index is 12.3. The number of nitrogens with zero attached hydrogens (tertiary/aromatic N) is 2. The van der Waals surface area contributed by atoms with Crippen molar-refractivity contribution >= 4 is 13.7 Å². The summed E-state index contributed by atoms with van der Waals surface area (Å²) in [6.07, 6.45) is -0.152. The summed E-state index contributed by atoms with van der Waals surface area (Å²) < 4.78 is 22.2.